The fraction of sp³-hybridized carbons (Fsp3) is 0.400. The standard InChI is InChI=1S/C15H17BrN4O2/c16-11-1-2-13-12(7-11)15(14(9-19-13)20(21)22)18-6-4-10-3-5-17-8-10/h1-2,7,9-10,17H,3-6,8H2,(H,18,19). The Bertz CT molecular complexity index is 701. The van der Waals surface area contributed by atoms with Gasteiger partial charge in [0, 0.05) is 16.4 Å². The number of benzene rings is 1. The number of nitrogens with one attached hydrogen (secondary N) is 2. The molecule has 1 saturated heterocycles. The number of halogens is 1. The average Bonchev–Trinajstić information content (AvgIpc) is 3.00. The second-order valence-corrected chi connectivity index (χ2v) is 6.43. The molecular formula is C15H17BrN4O2. The minimum Gasteiger partial charge on any atom is -0.379 e. The summed E-state index contributed by atoms with van der Waals surface area (Å²) >= 11 is 3.42. The van der Waals surface area contributed by atoms with E-state index in [0.29, 0.717) is 11.6 Å². The molecule has 2 heterocycles. The molecule has 1 aromatic heterocycles. The summed E-state index contributed by atoms with van der Waals surface area (Å²) in [7, 11) is 0. The molecule has 1 fully saturated rings. The maximum atomic E-state index is 11.3. The van der Waals surface area contributed by atoms with Gasteiger partial charge in [0.15, 0.2) is 0 Å². The first kappa shape index (κ1) is 15.2. The Morgan fingerprint density at radius 1 is 1.50 bits per heavy atom. The minimum absolute atomic E-state index is 0.0233. The molecule has 22 heavy (non-hydrogen) atoms. The Balaban J connectivity index is 1.88. The molecule has 0 spiro atoms. The summed E-state index contributed by atoms with van der Waals surface area (Å²) < 4.78 is 0.880. The number of anilines is 1. The van der Waals surface area contributed by atoms with Gasteiger partial charge in [-0.15, -0.1) is 0 Å². The summed E-state index contributed by atoms with van der Waals surface area (Å²) in [5, 5.41) is 18.6. The number of aromatic nitrogens is 1. The van der Waals surface area contributed by atoms with Gasteiger partial charge in [0.25, 0.3) is 0 Å². The van der Waals surface area contributed by atoms with Gasteiger partial charge in [0.05, 0.1) is 10.4 Å². The average molecular weight is 365 g/mol. The van der Waals surface area contributed by atoms with Crippen molar-refractivity contribution >= 4 is 38.2 Å². The Morgan fingerprint density at radius 3 is 3.09 bits per heavy atom. The third-order valence-electron chi connectivity index (χ3n) is 4.02. The number of nitrogens with zero attached hydrogens (tertiary/aromatic N) is 2. The van der Waals surface area contributed by atoms with Gasteiger partial charge in [-0.3, -0.25) is 10.1 Å². The Labute approximate surface area is 136 Å². The highest BCUT2D eigenvalue weighted by Gasteiger charge is 2.19. The van der Waals surface area contributed by atoms with Crippen molar-refractivity contribution in [3.63, 3.8) is 0 Å². The van der Waals surface area contributed by atoms with Crippen LogP contribution in [-0.2, 0) is 0 Å². The smallest absolute Gasteiger partial charge is 0.311 e. The third kappa shape index (κ3) is 3.20. The lowest BCUT2D eigenvalue weighted by molar-refractivity contribution is -0.384. The van der Waals surface area contributed by atoms with Crippen molar-refractivity contribution in [2.45, 2.75) is 12.8 Å². The predicted molar refractivity (Wildman–Crippen MR) is 90.2 cm³/mol. The molecule has 116 valence electrons. The van der Waals surface area contributed by atoms with E-state index in [1.807, 2.05) is 18.2 Å². The van der Waals surface area contributed by atoms with E-state index in [4.69, 9.17) is 0 Å². The van der Waals surface area contributed by atoms with E-state index in [9.17, 15) is 10.1 Å². The zero-order valence-corrected chi connectivity index (χ0v) is 13.6. The predicted octanol–water partition coefficient (Wildman–Crippen LogP) is 3.32. The lowest BCUT2D eigenvalue weighted by atomic mass is 10.1. The highest BCUT2D eigenvalue weighted by Crippen LogP contribution is 2.33. The first-order chi connectivity index (χ1) is 10.6. The summed E-state index contributed by atoms with van der Waals surface area (Å²) in [6.07, 6.45) is 3.50. The Morgan fingerprint density at radius 2 is 2.36 bits per heavy atom. The van der Waals surface area contributed by atoms with Gasteiger partial charge in [0.1, 0.15) is 11.9 Å². The van der Waals surface area contributed by atoms with Gasteiger partial charge in [-0.1, -0.05) is 15.9 Å². The van der Waals surface area contributed by atoms with E-state index >= 15 is 0 Å². The zero-order valence-electron chi connectivity index (χ0n) is 12.0. The fourth-order valence-electron chi connectivity index (χ4n) is 2.84. The zero-order chi connectivity index (χ0) is 15.5. The highest BCUT2D eigenvalue weighted by molar-refractivity contribution is 9.10. The maximum Gasteiger partial charge on any atom is 0.311 e. The van der Waals surface area contributed by atoms with Gasteiger partial charge in [-0.25, -0.2) is 4.98 Å². The number of fused-ring (bicyclic) bond motifs is 1. The molecule has 0 amide bonds. The molecule has 0 aliphatic carbocycles. The number of nitro groups is 1. The van der Waals surface area contributed by atoms with Crippen LogP contribution in [0.25, 0.3) is 10.9 Å². The normalized spacial score (nSPS) is 17.8. The van der Waals surface area contributed by atoms with Crippen molar-refractivity contribution in [3.8, 4) is 0 Å². The summed E-state index contributed by atoms with van der Waals surface area (Å²) in [5.41, 5.74) is 1.33. The second-order valence-electron chi connectivity index (χ2n) is 5.51. The molecule has 1 unspecified atom stereocenters. The summed E-state index contributed by atoms with van der Waals surface area (Å²) in [6, 6.07) is 5.61. The second kappa shape index (κ2) is 6.58. The third-order valence-corrected chi connectivity index (χ3v) is 4.52. The van der Waals surface area contributed by atoms with Crippen LogP contribution in [-0.4, -0.2) is 29.5 Å². The lowest BCUT2D eigenvalue weighted by Crippen LogP contribution is -2.13. The molecule has 0 bridgehead atoms. The molecule has 7 heteroatoms. The van der Waals surface area contributed by atoms with Crippen LogP contribution < -0.4 is 10.6 Å². The minimum atomic E-state index is -0.382. The number of rotatable bonds is 5. The largest absolute Gasteiger partial charge is 0.379 e. The van der Waals surface area contributed by atoms with Gasteiger partial charge >= 0.3 is 5.69 Å². The summed E-state index contributed by atoms with van der Waals surface area (Å²) in [5.74, 6) is 0.645. The number of hydrogen-bond acceptors (Lipinski definition) is 5. The van der Waals surface area contributed by atoms with Crippen molar-refractivity contribution in [1.82, 2.24) is 10.3 Å². The Hall–Kier alpha value is -1.73. The SMILES string of the molecule is O=[N+]([O-])c1cnc2ccc(Br)cc2c1NCCC1CCNC1. The first-order valence-corrected chi connectivity index (χ1v) is 8.11. The van der Waals surface area contributed by atoms with Crippen LogP contribution in [0, 0.1) is 16.0 Å². The summed E-state index contributed by atoms with van der Waals surface area (Å²) in [6.45, 7) is 2.82. The molecule has 1 aromatic carbocycles. The van der Waals surface area contributed by atoms with Crippen molar-refractivity contribution in [2.75, 3.05) is 25.0 Å². The van der Waals surface area contributed by atoms with Crippen LogP contribution in [0.2, 0.25) is 0 Å². The molecular weight excluding hydrogens is 348 g/mol. The summed E-state index contributed by atoms with van der Waals surface area (Å²) in [4.78, 5) is 15.1. The van der Waals surface area contributed by atoms with E-state index < -0.39 is 0 Å². The molecule has 0 saturated carbocycles. The van der Waals surface area contributed by atoms with Crippen molar-refractivity contribution in [2.24, 2.45) is 5.92 Å². The van der Waals surface area contributed by atoms with Crippen LogP contribution in [0.5, 0.6) is 0 Å². The molecule has 1 aliphatic heterocycles. The maximum absolute atomic E-state index is 11.3. The van der Waals surface area contributed by atoms with E-state index in [2.05, 4.69) is 31.5 Å². The topological polar surface area (TPSA) is 80.1 Å². The van der Waals surface area contributed by atoms with Crippen molar-refractivity contribution in [3.05, 3.63) is 39.0 Å². The van der Waals surface area contributed by atoms with Crippen LogP contribution in [0.1, 0.15) is 12.8 Å². The number of pyridine rings is 1. The highest BCUT2D eigenvalue weighted by atomic mass is 79.9. The van der Waals surface area contributed by atoms with E-state index in [1.165, 1.54) is 12.6 Å². The number of hydrogen-bond donors (Lipinski definition) is 2. The first-order valence-electron chi connectivity index (χ1n) is 7.32. The quantitative estimate of drug-likeness (QED) is 0.628. The molecule has 1 aliphatic rings. The molecule has 1 atom stereocenters. The van der Waals surface area contributed by atoms with Crippen LogP contribution >= 0.6 is 15.9 Å². The molecule has 3 rings (SSSR count). The van der Waals surface area contributed by atoms with Gasteiger partial charge in [-0.05, 0) is 50.0 Å². The monoisotopic (exact) mass is 364 g/mol. The fourth-order valence-corrected chi connectivity index (χ4v) is 3.20. The van der Waals surface area contributed by atoms with Crippen LogP contribution in [0.15, 0.2) is 28.9 Å². The molecule has 2 aromatic rings. The lowest BCUT2D eigenvalue weighted by Gasteiger charge is -2.12. The van der Waals surface area contributed by atoms with E-state index in [-0.39, 0.29) is 10.6 Å². The van der Waals surface area contributed by atoms with Gasteiger partial charge < -0.3 is 10.6 Å². The Kier molecular flexibility index (Phi) is 4.54. The van der Waals surface area contributed by atoms with Crippen molar-refractivity contribution < 1.29 is 4.92 Å². The van der Waals surface area contributed by atoms with E-state index in [1.54, 1.807) is 0 Å². The van der Waals surface area contributed by atoms with Crippen LogP contribution in [0.3, 0.4) is 0 Å². The van der Waals surface area contributed by atoms with Crippen molar-refractivity contribution in [1.29, 1.82) is 0 Å². The molecule has 6 nitrogen and oxygen atoms in total. The van der Waals surface area contributed by atoms with Gasteiger partial charge in [0.2, 0.25) is 0 Å². The van der Waals surface area contributed by atoms with Gasteiger partial charge in [-0.2, -0.15) is 0 Å². The molecule has 0 radical (unpaired) electrons. The van der Waals surface area contributed by atoms with Crippen LogP contribution in [0.4, 0.5) is 11.4 Å². The molecule has 2 N–H and O–H groups in total. The van der Waals surface area contributed by atoms with E-state index in [0.717, 1.165) is 41.4 Å².